The SMILES string of the molecule is CNCC1CCN(C(=O)C2(C)CCCC2)CC1.Cl. The van der Waals surface area contributed by atoms with E-state index in [4.69, 9.17) is 0 Å². The predicted octanol–water partition coefficient (Wildman–Crippen LogP) is 2.45. The van der Waals surface area contributed by atoms with Crippen LogP contribution >= 0.6 is 12.4 Å². The molecule has 2 rings (SSSR count). The van der Waals surface area contributed by atoms with E-state index in [9.17, 15) is 4.79 Å². The summed E-state index contributed by atoms with van der Waals surface area (Å²) in [6, 6.07) is 0. The predicted molar refractivity (Wildman–Crippen MR) is 77.1 cm³/mol. The minimum atomic E-state index is -0.0319. The van der Waals surface area contributed by atoms with Gasteiger partial charge in [-0.1, -0.05) is 19.8 Å². The quantitative estimate of drug-likeness (QED) is 0.857. The van der Waals surface area contributed by atoms with Crippen LogP contribution in [0.25, 0.3) is 0 Å². The number of halogens is 1. The number of nitrogens with one attached hydrogen (secondary N) is 1. The highest BCUT2D eigenvalue weighted by Gasteiger charge is 2.39. The molecule has 106 valence electrons. The molecule has 1 N–H and O–H groups in total. The summed E-state index contributed by atoms with van der Waals surface area (Å²) >= 11 is 0. The number of piperidine rings is 1. The van der Waals surface area contributed by atoms with Crippen LogP contribution in [0.1, 0.15) is 45.4 Å². The molecule has 0 aromatic carbocycles. The fraction of sp³-hybridized carbons (Fsp3) is 0.929. The maximum atomic E-state index is 12.5. The topological polar surface area (TPSA) is 32.3 Å². The second-order valence-electron chi connectivity index (χ2n) is 6.06. The van der Waals surface area contributed by atoms with Gasteiger partial charge in [-0.15, -0.1) is 12.4 Å². The zero-order valence-corrected chi connectivity index (χ0v) is 12.5. The molecule has 2 fully saturated rings. The summed E-state index contributed by atoms with van der Waals surface area (Å²) in [7, 11) is 2.01. The van der Waals surface area contributed by atoms with Crippen LogP contribution < -0.4 is 5.32 Å². The van der Waals surface area contributed by atoms with Crippen molar-refractivity contribution in [3.8, 4) is 0 Å². The van der Waals surface area contributed by atoms with Crippen LogP contribution in [0.2, 0.25) is 0 Å². The molecule has 1 saturated heterocycles. The van der Waals surface area contributed by atoms with E-state index < -0.39 is 0 Å². The van der Waals surface area contributed by atoms with Gasteiger partial charge in [-0.3, -0.25) is 4.79 Å². The monoisotopic (exact) mass is 274 g/mol. The molecule has 2 aliphatic rings. The minimum Gasteiger partial charge on any atom is -0.342 e. The van der Waals surface area contributed by atoms with Crippen LogP contribution in [0, 0.1) is 11.3 Å². The summed E-state index contributed by atoms with van der Waals surface area (Å²) in [6.45, 7) is 5.21. The molecule has 0 bridgehead atoms. The molecular formula is C14H27ClN2O. The Hall–Kier alpha value is -0.280. The van der Waals surface area contributed by atoms with Crippen LogP contribution in [0.5, 0.6) is 0 Å². The largest absolute Gasteiger partial charge is 0.342 e. The number of hydrogen-bond acceptors (Lipinski definition) is 2. The Morgan fingerprint density at radius 1 is 1.28 bits per heavy atom. The summed E-state index contributed by atoms with van der Waals surface area (Å²) in [5.41, 5.74) is -0.0319. The molecule has 1 aliphatic carbocycles. The number of carbonyl (C=O) groups is 1. The highest BCUT2D eigenvalue weighted by atomic mass is 35.5. The first-order valence-corrected chi connectivity index (χ1v) is 7.10. The number of likely N-dealkylation sites (tertiary alicyclic amines) is 1. The number of rotatable bonds is 3. The molecule has 0 radical (unpaired) electrons. The van der Waals surface area contributed by atoms with E-state index >= 15 is 0 Å². The summed E-state index contributed by atoms with van der Waals surface area (Å²) in [5.74, 6) is 1.19. The van der Waals surface area contributed by atoms with E-state index in [2.05, 4.69) is 17.1 Å². The zero-order chi connectivity index (χ0) is 12.3. The van der Waals surface area contributed by atoms with Gasteiger partial charge in [-0.25, -0.2) is 0 Å². The summed E-state index contributed by atoms with van der Waals surface area (Å²) in [6.07, 6.45) is 7.01. The van der Waals surface area contributed by atoms with Crippen LogP contribution in [-0.4, -0.2) is 37.5 Å². The minimum absolute atomic E-state index is 0. The van der Waals surface area contributed by atoms with Crippen LogP contribution in [-0.2, 0) is 4.79 Å². The fourth-order valence-electron chi connectivity index (χ4n) is 3.38. The third-order valence-corrected chi connectivity index (χ3v) is 4.62. The van der Waals surface area contributed by atoms with Crippen molar-refractivity contribution in [2.45, 2.75) is 45.4 Å². The van der Waals surface area contributed by atoms with Gasteiger partial charge >= 0.3 is 0 Å². The second kappa shape index (κ2) is 6.76. The van der Waals surface area contributed by atoms with E-state index in [0.29, 0.717) is 5.91 Å². The van der Waals surface area contributed by atoms with Crippen molar-refractivity contribution < 1.29 is 4.79 Å². The number of amides is 1. The first-order chi connectivity index (χ1) is 8.15. The smallest absolute Gasteiger partial charge is 0.228 e. The maximum absolute atomic E-state index is 12.5. The first-order valence-electron chi connectivity index (χ1n) is 7.10. The molecule has 1 heterocycles. The van der Waals surface area contributed by atoms with Gasteiger partial charge in [0.25, 0.3) is 0 Å². The number of carbonyl (C=O) groups excluding carboxylic acids is 1. The molecule has 0 atom stereocenters. The second-order valence-corrected chi connectivity index (χ2v) is 6.06. The Labute approximate surface area is 117 Å². The first kappa shape index (κ1) is 15.8. The molecule has 0 unspecified atom stereocenters. The average Bonchev–Trinajstić information content (AvgIpc) is 2.78. The van der Waals surface area contributed by atoms with Gasteiger partial charge in [-0.2, -0.15) is 0 Å². The molecule has 1 saturated carbocycles. The summed E-state index contributed by atoms with van der Waals surface area (Å²) in [5, 5.41) is 3.24. The molecule has 1 amide bonds. The third kappa shape index (κ3) is 3.39. The van der Waals surface area contributed by atoms with Crippen molar-refractivity contribution in [2.75, 3.05) is 26.7 Å². The van der Waals surface area contributed by atoms with Crippen molar-refractivity contribution in [1.29, 1.82) is 0 Å². The van der Waals surface area contributed by atoms with Crippen LogP contribution in [0.3, 0.4) is 0 Å². The van der Waals surface area contributed by atoms with Gasteiger partial charge in [0.05, 0.1) is 0 Å². The molecule has 4 heteroatoms. The molecule has 0 aromatic rings. The summed E-state index contributed by atoms with van der Waals surface area (Å²) in [4.78, 5) is 14.6. The molecule has 1 aliphatic heterocycles. The standard InChI is InChI=1S/C14H26N2O.ClH/c1-14(7-3-4-8-14)13(17)16-9-5-12(6-10-16)11-15-2;/h12,15H,3-11H2,1-2H3;1H. The Morgan fingerprint density at radius 2 is 1.83 bits per heavy atom. The molecule has 0 aromatic heterocycles. The average molecular weight is 275 g/mol. The van der Waals surface area contributed by atoms with Crippen molar-refractivity contribution in [3.05, 3.63) is 0 Å². The Kier molecular flexibility index (Phi) is 5.93. The van der Waals surface area contributed by atoms with Gasteiger partial charge in [0.1, 0.15) is 0 Å². The van der Waals surface area contributed by atoms with Gasteiger partial charge in [0.15, 0.2) is 0 Å². The van der Waals surface area contributed by atoms with Crippen molar-refractivity contribution in [2.24, 2.45) is 11.3 Å². The number of hydrogen-bond donors (Lipinski definition) is 1. The Morgan fingerprint density at radius 3 is 2.33 bits per heavy atom. The van der Waals surface area contributed by atoms with Crippen molar-refractivity contribution in [3.63, 3.8) is 0 Å². The van der Waals surface area contributed by atoms with Gasteiger partial charge in [0.2, 0.25) is 5.91 Å². The number of nitrogens with zero attached hydrogens (tertiary/aromatic N) is 1. The van der Waals surface area contributed by atoms with Crippen molar-refractivity contribution in [1.82, 2.24) is 10.2 Å². The Bertz CT molecular complexity index is 269. The lowest BCUT2D eigenvalue weighted by molar-refractivity contribution is -0.142. The highest BCUT2D eigenvalue weighted by molar-refractivity contribution is 5.85. The highest BCUT2D eigenvalue weighted by Crippen LogP contribution is 2.39. The van der Waals surface area contributed by atoms with Gasteiger partial charge in [0, 0.05) is 18.5 Å². The van der Waals surface area contributed by atoms with Gasteiger partial charge < -0.3 is 10.2 Å². The van der Waals surface area contributed by atoms with E-state index in [-0.39, 0.29) is 17.8 Å². The molecular weight excluding hydrogens is 248 g/mol. The molecule has 0 spiro atoms. The lowest BCUT2D eigenvalue weighted by atomic mass is 9.85. The van der Waals surface area contributed by atoms with E-state index in [1.54, 1.807) is 0 Å². The lowest BCUT2D eigenvalue weighted by Gasteiger charge is -2.37. The Balaban J connectivity index is 0.00000162. The van der Waals surface area contributed by atoms with Crippen molar-refractivity contribution >= 4 is 18.3 Å². The summed E-state index contributed by atoms with van der Waals surface area (Å²) < 4.78 is 0. The van der Waals surface area contributed by atoms with Crippen LogP contribution in [0.15, 0.2) is 0 Å². The maximum Gasteiger partial charge on any atom is 0.228 e. The van der Waals surface area contributed by atoms with E-state index in [1.807, 2.05) is 7.05 Å². The third-order valence-electron chi connectivity index (χ3n) is 4.62. The van der Waals surface area contributed by atoms with E-state index in [0.717, 1.165) is 38.4 Å². The zero-order valence-electron chi connectivity index (χ0n) is 11.7. The van der Waals surface area contributed by atoms with Gasteiger partial charge in [-0.05, 0) is 45.2 Å². The molecule has 3 nitrogen and oxygen atoms in total. The van der Waals surface area contributed by atoms with E-state index in [1.165, 1.54) is 25.7 Å². The normalized spacial score (nSPS) is 23.8. The molecule has 18 heavy (non-hydrogen) atoms. The fourth-order valence-corrected chi connectivity index (χ4v) is 3.38. The van der Waals surface area contributed by atoms with Crippen LogP contribution in [0.4, 0.5) is 0 Å². The lowest BCUT2D eigenvalue weighted by Crippen LogP contribution is -2.46.